The van der Waals surface area contributed by atoms with Crippen molar-refractivity contribution in [1.82, 2.24) is 9.80 Å². The number of nitriles is 1. The number of benzene rings is 4. The number of carbonyl (C=O) groups excluding carboxylic acids is 2. The summed E-state index contributed by atoms with van der Waals surface area (Å²) in [4.78, 5) is 29.6. The van der Waals surface area contributed by atoms with Crippen LogP contribution in [-0.4, -0.2) is 41.6 Å². The Morgan fingerprint density at radius 3 is 1.37 bits per heavy atom. The van der Waals surface area contributed by atoms with Gasteiger partial charge in [0.25, 0.3) is 0 Å². The van der Waals surface area contributed by atoms with Gasteiger partial charge in [0.15, 0.2) is 0 Å². The van der Waals surface area contributed by atoms with Crippen molar-refractivity contribution in [3.05, 3.63) is 140 Å². The Kier molecular flexibility index (Phi) is 15.6. The molecular weight excluding hydrogens is 882 g/mol. The number of hydrogen-bond donors (Lipinski definition) is 1. The fraction of sp³-hybridized carbons (Fsp3) is 0.426. The highest BCUT2D eigenvalue weighted by molar-refractivity contribution is 9.10. The Morgan fingerprint density at radius 1 is 0.695 bits per heavy atom. The average Bonchev–Trinajstić information content (AvgIpc) is 3.18. The zero-order valence-electron chi connectivity index (χ0n) is 33.9. The van der Waals surface area contributed by atoms with Crippen molar-refractivity contribution in [2.45, 2.75) is 97.9 Å². The van der Waals surface area contributed by atoms with Crippen LogP contribution >= 0.6 is 31.9 Å². The van der Waals surface area contributed by atoms with E-state index in [1.165, 1.54) is 24.3 Å². The van der Waals surface area contributed by atoms with Gasteiger partial charge in [0, 0.05) is 41.3 Å². The number of nitrogens with two attached hydrogens (primary N) is 1. The summed E-state index contributed by atoms with van der Waals surface area (Å²) in [6.07, 6.45) is 1.28. The largest absolute Gasteiger partial charge is 0.438 e. The fourth-order valence-electron chi connectivity index (χ4n) is 7.85. The van der Waals surface area contributed by atoms with Crippen LogP contribution in [0.15, 0.2) is 106 Å². The minimum absolute atomic E-state index is 0. The lowest BCUT2D eigenvalue weighted by Gasteiger charge is -2.46. The number of ether oxygens (including phenoxy) is 2. The highest BCUT2D eigenvalue weighted by atomic mass is 79.9. The predicted molar refractivity (Wildman–Crippen MR) is 235 cm³/mol. The van der Waals surface area contributed by atoms with Crippen LogP contribution in [0.4, 0.5) is 18.4 Å². The van der Waals surface area contributed by atoms with Gasteiger partial charge in [0.2, 0.25) is 0 Å². The van der Waals surface area contributed by atoms with Crippen molar-refractivity contribution in [2.75, 3.05) is 19.6 Å². The summed E-state index contributed by atoms with van der Waals surface area (Å²) in [5.41, 5.74) is 6.84. The number of rotatable bonds is 11. The van der Waals surface area contributed by atoms with Gasteiger partial charge >= 0.3 is 12.2 Å². The normalized spacial score (nSPS) is 20.5. The molecule has 2 aliphatic rings. The van der Waals surface area contributed by atoms with E-state index >= 15 is 0 Å². The molecule has 2 aliphatic heterocycles. The van der Waals surface area contributed by atoms with E-state index in [9.17, 15) is 23.6 Å². The standard InChI is InChI=1S/C23H28BrFN2O2.C23H24BrFN2O2.CH4/c2*1-16(17-4-8-19(24)9-5-17)27-13-12-23(29-21(27)28,14-22(2,3)15-26)18-6-10-20(25)11-7-18;/h4-11,16H,12-15,26H2,1-3H3;4-11,16H,12-14H2,1-3H3;1H4/t2*16-,23-;/m00./s1. The Balaban J connectivity index is 0.000000256. The number of amides is 2. The predicted octanol–water partition coefficient (Wildman–Crippen LogP) is 12.7. The van der Waals surface area contributed by atoms with Crippen molar-refractivity contribution in [3.8, 4) is 6.07 Å². The third kappa shape index (κ3) is 11.5. The molecule has 4 aromatic rings. The smallest absolute Gasteiger partial charge is 0.411 e. The molecule has 2 saturated heterocycles. The summed E-state index contributed by atoms with van der Waals surface area (Å²) in [6, 6.07) is 30.1. The van der Waals surface area contributed by atoms with Crippen LogP contribution in [0, 0.1) is 33.8 Å². The molecule has 0 aliphatic carbocycles. The highest BCUT2D eigenvalue weighted by Crippen LogP contribution is 2.46. The molecule has 0 aromatic heterocycles. The summed E-state index contributed by atoms with van der Waals surface area (Å²) >= 11 is 6.87. The summed E-state index contributed by atoms with van der Waals surface area (Å²) in [5.74, 6) is -0.661. The third-order valence-corrected chi connectivity index (χ3v) is 12.3. The number of hydrogen-bond acceptors (Lipinski definition) is 6. The van der Waals surface area contributed by atoms with Gasteiger partial charge < -0.3 is 25.0 Å². The molecule has 2 N–H and O–H groups in total. The maximum atomic E-state index is 13.5. The molecule has 8 nitrogen and oxygen atoms in total. The molecule has 2 amide bonds. The van der Waals surface area contributed by atoms with Crippen LogP contribution in [0.3, 0.4) is 0 Å². The van der Waals surface area contributed by atoms with E-state index in [0.717, 1.165) is 25.6 Å². The lowest BCUT2D eigenvalue weighted by Crippen LogP contribution is -2.50. The highest BCUT2D eigenvalue weighted by Gasteiger charge is 2.48. The molecular formula is C47H56Br2F2N4O4. The fourth-order valence-corrected chi connectivity index (χ4v) is 8.38. The van der Waals surface area contributed by atoms with E-state index in [1.54, 1.807) is 34.1 Å². The molecule has 4 atom stereocenters. The minimum atomic E-state index is -0.958. The molecule has 2 heterocycles. The van der Waals surface area contributed by atoms with Gasteiger partial charge in [-0.2, -0.15) is 5.26 Å². The van der Waals surface area contributed by atoms with E-state index < -0.39 is 22.7 Å². The zero-order chi connectivity index (χ0) is 42.5. The van der Waals surface area contributed by atoms with Crippen LogP contribution in [-0.2, 0) is 20.7 Å². The molecule has 0 bridgehead atoms. The molecule has 0 unspecified atom stereocenters. The van der Waals surface area contributed by atoms with E-state index in [1.807, 2.05) is 76.2 Å². The van der Waals surface area contributed by atoms with E-state index in [2.05, 4.69) is 51.8 Å². The second kappa shape index (κ2) is 19.4. The van der Waals surface area contributed by atoms with Crippen molar-refractivity contribution < 1.29 is 27.8 Å². The maximum Gasteiger partial charge on any atom is 0.411 e. The van der Waals surface area contributed by atoms with Gasteiger partial charge in [0.05, 0.1) is 23.6 Å². The number of cyclic esters (lactones) is 2. The molecule has 6 rings (SSSR count). The van der Waals surface area contributed by atoms with Crippen LogP contribution in [0.1, 0.15) is 109 Å². The first-order valence-electron chi connectivity index (χ1n) is 19.5. The SMILES string of the molecule is C.C[C@@H](c1ccc(Br)cc1)N1CC[C@](CC(C)(C)C#N)(c2ccc(F)cc2)OC1=O.C[C@@H](c1ccc(Br)cc1)N1CC[C@](CC(C)(C)CN)(c2ccc(F)cc2)OC1=O. The topological polar surface area (TPSA) is 109 Å². The van der Waals surface area contributed by atoms with E-state index in [4.69, 9.17) is 15.2 Å². The Morgan fingerprint density at radius 2 is 1.05 bits per heavy atom. The summed E-state index contributed by atoms with van der Waals surface area (Å²) < 4.78 is 41.1. The molecule has 59 heavy (non-hydrogen) atoms. The lowest BCUT2D eigenvalue weighted by molar-refractivity contribution is -0.0816. The second-order valence-corrected chi connectivity index (χ2v) is 18.6. The molecule has 0 spiro atoms. The number of nitrogens with zero attached hydrogens (tertiary/aromatic N) is 3. The van der Waals surface area contributed by atoms with Crippen LogP contribution in [0.5, 0.6) is 0 Å². The van der Waals surface area contributed by atoms with Crippen molar-refractivity contribution >= 4 is 44.0 Å². The maximum absolute atomic E-state index is 13.5. The summed E-state index contributed by atoms with van der Waals surface area (Å²) in [6.45, 7) is 13.2. The summed E-state index contributed by atoms with van der Waals surface area (Å²) in [7, 11) is 0. The van der Waals surface area contributed by atoms with E-state index in [-0.39, 0.29) is 42.7 Å². The quantitative estimate of drug-likeness (QED) is 0.160. The number of halogens is 4. The first-order valence-corrected chi connectivity index (χ1v) is 21.0. The molecule has 0 radical (unpaired) electrons. The Labute approximate surface area is 365 Å². The monoisotopic (exact) mass is 936 g/mol. The first-order chi connectivity index (χ1) is 27.3. The lowest BCUT2D eigenvalue weighted by atomic mass is 9.74. The van der Waals surface area contributed by atoms with Crippen molar-refractivity contribution in [1.29, 1.82) is 5.26 Å². The van der Waals surface area contributed by atoms with Crippen LogP contribution in [0.2, 0.25) is 0 Å². The van der Waals surface area contributed by atoms with Gasteiger partial charge in [-0.3, -0.25) is 0 Å². The molecule has 316 valence electrons. The zero-order valence-corrected chi connectivity index (χ0v) is 37.1. The minimum Gasteiger partial charge on any atom is -0.438 e. The Bertz CT molecular complexity index is 2080. The molecule has 4 aromatic carbocycles. The third-order valence-electron chi connectivity index (χ3n) is 11.3. The van der Waals surface area contributed by atoms with E-state index in [0.29, 0.717) is 50.9 Å². The molecule has 2 fully saturated rings. The van der Waals surface area contributed by atoms with Gasteiger partial charge in [0.1, 0.15) is 22.8 Å². The second-order valence-electron chi connectivity index (χ2n) is 16.8. The van der Waals surface area contributed by atoms with Crippen molar-refractivity contribution in [2.24, 2.45) is 16.6 Å². The number of carbonyl (C=O) groups is 2. The first kappa shape index (κ1) is 47.4. The van der Waals surface area contributed by atoms with Crippen LogP contribution < -0.4 is 5.73 Å². The van der Waals surface area contributed by atoms with Gasteiger partial charge in [-0.05, 0) is 117 Å². The Hall–Kier alpha value is -4.31. The molecule has 0 saturated carbocycles. The van der Waals surface area contributed by atoms with Gasteiger partial charge in [-0.1, -0.05) is 102 Å². The molecule has 12 heteroatoms. The van der Waals surface area contributed by atoms with Gasteiger partial charge in [-0.15, -0.1) is 0 Å². The average molecular weight is 939 g/mol. The van der Waals surface area contributed by atoms with Gasteiger partial charge in [-0.25, -0.2) is 18.4 Å². The summed E-state index contributed by atoms with van der Waals surface area (Å²) in [5, 5.41) is 9.54. The van der Waals surface area contributed by atoms with Crippen molar-refractivity contribution in [3.63, 3.8) is 0 Å². The van der Waals surface area contributed by atoms with Crippen LogP contribution in [0.25, 0.3) is 0 Å².